The van der Waals surface area contributed by atoms with Gasteiger partial charge in [0.1, 0.15) is 5.82 Å². The largest absolute Gasteiger partial charge is 0.312 e. The van der Waals surface area contributed by atoms with Crippen molar-refractivity contribution in [2.75, 3.05) is 11.4 Å². The molecule has 5 heteroatoms. The molecule has 1 aromatic rings. The second kappa shape index (κ2) is 5.83. The third-order valence-corrected chi connectivity index (χ3v) is 3.55. The molecule has 0 spiro atoms. The molecule has 0 N–H and O–H groups in total. The number of nitriles is 1. The Bertz CT molecular complexity index is 592. The monoisotopic (exact) mass is 274 g/mol. The van der Waals surface area contributed by atoms with E-state index in [-0.39, 0.29) is 23.9 Å². The van der Waals surface area contributed by atoms with E-state index in [4.69, 9.17) is 5.26 Å². The fourth-order valence-corrected chi connectivity index (χ4v) is 2.38. The van der Waals surface area contributed by atoms with E-state index in [0.717, 1.165) is 0 Å². The average molecular weight is 274 g/mol. The predicted octanol–water partition coefficient (Wildman–Crippen LogP) is 2.36. The molecule has 0 aromatic heterocycles. The van der Waals surface area contributed by atoms with Crippen molar-refractivity contribution in [3.63, 3.8) is 0 Å². The number of aryl methyl sites for hydroxylation is 1. The summed E-state index contributed by atoms with van der Waals surface area (Å²) in [5.41, 5.74) is 0.975. The van der Waals surface area contributed by atoms with Crippen LogP contribution in [0.1, 0.15) is 24.8 Å². The maximum absolute atomic E-state index is 13.6. The standard InChI is InChI=1S/C15H15FN2O2/c1-10-4-5-11(9-13(10)16)18-8-2-3-12(15(18)20)14(19)6-7-17/h4-5,9,12H,2-3,6,8H2,1H3. The van der Waals surface area contributed by atoms with E-state index in [2.05, 4.69) is 0 Å². The van der Waals surface area contributed by atoms with Crippen molar-refractivity contribution in [3.05, 3.63) is 29.6 Å². The third kappa shape index (κ3) is 2.69. The summed E-state index contributed by atoms with van der Waals surface area (Å²) in [5.74, 6) is -1.83. The van der Waals surface area contributed by atoms with Gasteiger partial charge in [-0.3, -0.25) is 9.59 Å². The Balaban J connectivity index is 2.24. The van der Waals surface area contributed by atoms with Gasteiger partial charge in [0.2, 0.25) is 5.91 Å². The highest BCUT2D eigenvalue weighted by Gasteiger charge is 2.34. The van der Waals surface area contributed by atoms with Crippen LogP contribution in [0.15, 0.2) is 18.2 Å². The zero-order valence-electron chi connectivity index (χ0n) is 11.2. The minimum Gasteiger partial charge on any atom is -0.312 e. The number of benzene rings is 1. The smallest absolute Gasteiger partial charge is 0.237 e. The van der Waals surface area contributed by atoms with E-state index in [1.54, 1.807) is 25.1 Å². The molecule has 20 heavy (non-hydrogen) atoms. The SMILES string of the molecule is Cc1ccc(N2CCCC(C(=O)CC#N)C2=O)cc1F. The van der Waals surface area contributed by atoms with Crippen molar-refractivity contribution < 1.29 is 14.0 Å². The molecule has 0 bridgehead atoms. The summed E-state index contributed by atoms with van der Waals surface area (Å²) < 4.78 is 13.6. The highest BCUT2D eigenvalue weighted by Crippen LogP contribution is 2.26. The lowest BCUT2D eigenvalue weighted by Gasteiger charge is -2.31. The van der Waals surface area contributed by atoms with Crippen molar-refractivity contribution in [1.29, 1.82) is 5.26 Å². The lowest BCUT2D eigenvalue weighted by atomic mass is 9.91. The van der Waals surface area contributed by atoms with Gasteiger partial charge >= 0.3 is 0 Å². The van der Waals surface area contributed by atoms with Crippen LogP contribution in [0.25, 0.3) is 0 Å². The summed E-state index contributed by atoms with van der Waals surface area (Å²) in [6, 6.07) is 6.37. The van der Waals surface area contributed by atoms with Crippen LogP contribution in [0.3, 0.4) is 0 Å². The zero-order chi connectivity index (χ0) is 14.7. The summed E-state index contributed by atoms with van der Waals surface area (Å²) in [4.78, 5) is 25.5. The number of piperidine rings is 1. The topological polar surface area (TPSA) is 61.2 Å². The first-order chi connectivity index (χ1) is 9.54. The van der Waals surface area contributed by atoms with Gasteiger partial charge in [-0.05, 0) is 37.5 Å². The van der Waals surface area contributed by atoms with Gasteiger partial charge in [-0.1, -0.05) is 6.07 Å². The summed E-state index contributed by atoms with van der Waals surface area (Å²) in [5, 5.41) is 8.56. The predicted molar refractivity (Wildman–Crippen MR) is 71.5 cm³/mol. The van der Waals surface area contributed by atoms with Crippen LogP contribution in [-0.4, -0.2) is 18.2 Å². The number of rotatable bonds is 3. The molecule has 0 radical (unpaired) electrons. The van der Waals surface area contributed by atoms with E-state index in [9.17, 15) is 14.0 Å². The average Bonchev–Trinajstić information content (AvgIpc) is 2.42. The molecule has 2 rings (SSSR count). The lowest BCUT2D eigenvalue weighted by Crippen LogP contribution is -2.44. The van der Waals surface area contributed by atoms with Crippen LogP contribution >= 0.6 is 0 Å². The van der Waals surface area contributed by atoms with Crippen LogP contribution < -0.4 is 4.90 Å². The Labute approximate surface area is 116 Å². The fraction of sp³-hybridized carbons (Fsp3) is 0.400. The van der Waals surface area contributed by atoms with Crippen molar-refractivity contribution in [2.45, 2.75) is 26.2 Å². The van der Waals surface area contributed by atoms with Crippen LogP contribution in [0.4, 0.5) is 10.1 Å². The van der Waals surface area contributed by atoms with E-state index in [1.165, 1.54) is 11.0 Å². The Hall–Kier alpha value is -2.22. The Kier molecular flexibility index (Phi) is 4.14. The minimum absolute atomic E-state index is 0.257. The summed E-state index contributed by atoms with van der Waals surface area (Å²) in [6.45, 7) is 2.12. The molecule has 1 aliphatic heterocycles. The summed E-state index contributed by atoms with van der Waals surface area (Å²) in [6.07, 6.45) is 0.875. The minimum atomic E-state index is -0.771. The highest BCUT2D eigenvalue weighted by molar-refractivity contribution is 6.09. The number of halogens is 1. The van der Waals surface area contributed by atoms with Gasteiger partial charge < -0.3 is 4.90 Å². The third-order valence-electron chi connectivity index (χ3n) is 3.55. The van der Waals surface area contributed by atoms with Gasteiger partial charge in [0.15, 0.2) is 5.78 Å². The van der Waals surface area contributed by atoms with Crippen molar-refractivity contribution in [3.8, 4) is 6.07 Å². The molecule has 1 saturated heterocycles. The molecule has 1 aromatic carbocycles. The van der Waals surface area contributed by atoms with Gasteiger partial charge in [0, 0.05) is 12.2 Å². The van der Waals surface area contributed by atoms with Crippen molar-refractivity contribution >= 4 is 17.4 Å². The number of carbonyl (C=O) groups is 2. The molecular formula is C15H15FN2O2. The molecular weight excluding hydrogens is 259 g/mol. The normalized spacial score (nSPS) is 18.8. The van der Waals surface area contributed by atoms with Crippen LogP contribution in [0, 0.1) is 30.0 Å². The molecule has 1 heterocycles. The van der Waals surface area contributed by atoms with Crippen LogP contribution in [0.2, 0.25) is 0 Å². The molecule has 1 atom stereocenters. The summed E-state index contributed by atoms with van der Waals surface area (Å²) >= 11 is 0. The van der Waals surface area contributed by atoms with Gasteiger partial charge in [-0.15, -0.1) is 0 Å². The van der Waals surface area contributed by atoms with E-state index in [1.807, 2.05) is 0 Å². The van der Waals surface area contributed by atoms with E-state index < -0.39 is 5.92 Å². The second-order valence-corrected chi connectivity index (χ2v) is 4.92. The first-order valence-corrected chi connectivity index (χ1v) is 6.52. The van der Waals surface area contributed by atoms with Gasteiger partial charge in [-0.25, -0.2) is 4.39 Å². The maximum Gasteiger partial charge on any atom is 0.237 e. The molecule has 0 aliphatic carbocycles. The number of amides is 1. The van der Waals surface area contributed by atoms with E-state index >= 15 is 0 Å². The molecule has 104 valence electrons. The Morgan fingerprint density at radius 1 is 1.55 bits per heavy atom. The zero-order valence-corrected chi connectivity index (χ0v) is 11.2. The molecule has 0 saturated carbocycles. The molecule has 1 unspecified atom stereocenters. The van der Waals surface area contributed by atoms with Gasteiger partial charge in [0.25, 0.3) is 0 Å². The molecule has 1 fully saturated rings. The van der Waals surface area contributed by atoms with E-state index in [0.29, 0.717) is 30.6 Å². The second-order valence-electron chi connectivity index (χ2n) is 4.92. The van der Waals surface area contributed by atoms with Gasteiger partial charge in [-0.2, -0.15) is 5.26 Å². The highest BCUT2D eigenvalue weighted by atomic mass is 19.1. The quantitative estimate of drug-likeness (QED) is 0.795. The van der Waals surface area contributed by atoms with Crippen molar-refractivity contribution in [1.82, 2.24) is 0 Å². The summed E-state index contributed by atoms with van der Waals surface area (Å²) in [7, 11) is 0. The van der Waals surface area contributed by atoms with Gasteiger partial charge in [0.05, 0.1) is 18.4 Å². The van der Waals surface area contributed by atoms with Crippen LogP contribution in [-0.2, 0) is 9.59 Å². The number of hydrogen-bond acceptors (Lipinski definition) is 3. The first-order valence-electron chi connectivity index (χ1n) is 6.52. The molecule has 4 nitrogen and oxygen atoms in total. The number of nitrogens with zero attached hydrogens (tertiary/aromatic N) is 2. The fourth-order valence-electron chi connectivity index (χ4n) is 2.38. The van der Waals surface area contributed by atoms with Crippen LogP contribution in [0.5, 0.6) is 0 Å². The number of carbonyl (C=O) groups excluding carboxylic acids is 2. The lowest BCUT2D eigenvalue weighted by molar-refractivity contribution is -0.133. The van der Waals surface area contributed by atoms with Crippen molar-refractivity contribution in [2.24, 2.45) is 5.92 Å². The number of Topliss-reactive ketones (excluding diaryl/α,β-unsaturated/α-hetero) is 1. The number of ketones is 1. The maximum atomic E-state index is 13.6. The first kappa shape index (κ1) is 14.2. The molecule has 1 aliphatic rings. The molecule has 1 amide bonds. The Morgan fingerprint density at radius 3 is 2.95 bits per heavy atom. The Morgan fingerprint density at radius 2 is 2.30 bits per heavy atom. The number of hydrogen-bond donors (Lipinski definition) is 0. The number of anilines is 1.